The van der Waals surface area contributed by atoms with Crippen molar-refractivity contribution in [3.63, 3.8) is 0 Å². The second kappa shape index (κ2) is 10.2. The van der Waals surface area contributed by atoms with E-state index in [1.54, 1.807) is 12.1 Å². The van der Waals surface area contributed by atoms with Gasteiger partial charge in [-0.3, -0.25) is 14.5 Å². The standard InChI is InChI=1S/C27H28F3N3O4/c28-27(29,30)19-4-6-21-17(2-1-9-37-24(21)12-19)11-25(35)31-20-5-3-18-10-23(26(36)32-22(18)13-20)33-8-7-16(14-33)15-34/h3-6,11-13,16,23,34H,1-2,7-10,14-15H2,(H,31,35)(H,32,36)/t16-,23?/m1/s1. The zero-order valence-electron chi connectivity index (χ0n) is 20.1. The number of carbonyl (C=O) groups excluding carboxylic acids is 2. The van der Waals surface area contributed by atoms with E-state index in [4.69, 9.17) is 4.74 Å². The number of nitrogens with one attached hydrogen (secondary N) is 2. The van der Waals surface area contributed by atoms with Crippen LogP contribution in [-0.2, 0) is 22.2 Å². The van der Waals surface area contributed by atoms with Gasteiger partial charge in [0.05, 0.1) is 18.2 Å². The number of rotatable bonds is 4. The monoisotopic (exact) mass is 515 g/mol. The first-order valence-corrected chi connectivity index (χ1v) is 12.4. The maximum absolute atomic E-state index is 13.1. The lowest BCUT2D eigenvalue weighted by Crippen LogP contribution is -2.47. The van der Waals surface area contributed by atoms with Gasteiger partial charge in [-0.1, -0.05) is 12.1 Å². The van der Waals surface area contributed by atoms with Gasteiger partial charge in [-0.2, -0.15) is 13.2 Å². The van der Waals surface area contributed by atoms with Gasteiger partial charge in [0.25, 0.3) is 0 Å². The van der Waals surface area contributed by atoms with Crippen molar-refractivity contribution in [1.82, 2.24) is 4.90 Å². The molecule has 3 N–H and O–H groups in total. The molecular formula is C27H28F3N3O4. The normalized spacial score (nSPS) is 23.0. The topological polar surface area (TPSA) is 90.9 Å². The minimum absolute atomic E-state index is 0.107. The molecule has 1 unspecified atom stereocenters. The van der Waals surface area contributed by atoms with E-state index in [1.807, 2.05) is 6.07 Å². The number of hydrogen-bond acceptors (Lipinski definition) is 5. The number of carbonyl (C=O) groups is 2. The Hall–Kier alpha value is -3.37. The number of allylic oxidation sites excluding steroid dienone is 1. The van der Waals surface area contributed by atoms with Gasteiger partial charge in [0, 0.05) is 36.2 Å². The molecule has 37 heavy (non-hydrogen) atoms. The van der Waals surface area contributed by atoms with Gasteiger partial charge >= 0.3 is 6.18 Å². The van der Waals surface area contributed by atoms with E-state index in [9.17, 15) is 27.9 Å². The van der Waals surface area contributed by atoms with Crippen LogP contribution in [0.15, 0.2) is 42.5 Å². The maximum atomic E-state index is 13.1. The number of anilines is 2. The third kappa shape index (κ3) is 5.50. The number of amides is 2. The first-order chi connectivity index (χ1) is 17.7. The maximum Gasteiger partial charge on any atom is 0.416 e. The van der Waals surface area contributed by atoms with Gasteiger partial charge in [0.2, 0.25) is 11.8 Å². The Morgan fingerprint density at radius 1 is 1.24 bits per heavy atom. The molecule has 3 heterocycles. The van der Waals surface area contributed by atoms with Crippen LogP contribution in [0.4, 0.5) is 24.5 Å². The van der Waals surface area contributed by atoms with E-state index in [-0.39, 0.29) is 36.8 Å². The summed E-state index contributed by atoms with van der Waals surface area (Å²) < 4.78 is 44.9. The number of likely N-dealkylation sites (tertiary alicyclic amines) is 1. The van der Waals surface area contributed by atoms with Crippen LogP contribution in [0.3, 0.4) is 0 Å². The molecule has 1 saturated heterocycles. The summed E-state index contributed by atoms with van der Waals surface area (Å²) >= 11 is 0. The van der Waals surface area contributed by atoms with Crippen molar-refractivity contribution < 1.29 is 32.6 Å². The van der Waals surface area contributed by atoms with Gasteiger partial charge in [-0.05, 0) is 73.5 Å². The summed E-state index contributed by atoms with van der Waals surface area (Å²) in [6.07, 6.45) is -0.621. The largest absolute Gasteiger partial charge is 0.493 e. The number of halogens is 3. The van der Waals surface area contributed by atoms with E-state index >= 15 is 0 Å². The summed E-state index contributed by atoms with van der Waals surface area (Å²) in [5.74, 6) is -0.222. The number of aliphatic hydroxyl groups excluding tert-OH is 1. The van der Waals surface area contributed by atoms with Crippen LogP contribution in [0.5, 0.6) is 5.75 Å². The quantitative estimate of drug-likeness (QED) is 0.534. The number of aliphatic hydroxyl groups is 1. The molecule has 7 nitrogen and oxygen atoms in total. The van der Waals surface area contributed by atoms with Crippen molar-refractivity contribution >= 4 is 28.8 Å². The van der Waals surface area contributed by atoms with E-state index in [0.717, 1.165) is 30.7 Å². The van der Waals surface area contributed by atoms with Crippen molar-refractivity contribution in [3.8, 4) is 5.75 Å². The molecule has 0 aliphatic carbocycles. The zero-order chi connectivity index (χ0) is 26.2. The van der Waals surface area contributed by atoms with Crippen molar-refractivity contribution in [1.29, 1.82) is 0 Å². The second-order valence-electron chi connectivity index (χ2n) is 9.73. The van der Waals surface area contributed by atoms with E-state index in [2.05, 4.69) is 15.5 Å². The Morgan fingerprint density at radius 2 is 2.08 bits per heavy atom. The molecule has 0 radical (unpaired) electrons. The number of nitrogens with zero attached hydrogens (tertiary/aromatic N) is 1. The molecule has 10 heteroatoms. The summed E-state index contributed by atoms with van der Waals surface area (Å²) in [4.78, 5) is 27.7. The van der Waals surface area contributed by atoms with Crippen LogP contribution in [0, 0.1) is 5.92 Å². The van der Waals surface area contributed by atoms with Gasteiger partial charge in [0.15, 0.2) is 0 Å². The Bertz CT molecular complexity index is 1240. The first-order valence-electron chi connectivity index (χ1n) is 12.4. The van der Waals surface area contributed by atoms with Crippen LogP contribution >= 0.6 is 0 Å². The molecule has 0 bridgehead atoms. The Labute approximate surface area is 212 Å². The zero-order valence-corrected chi connectivity index (χ0v) is 20.1. The van der Waals surface area contributed by atoms with Crippen molar-refractivity contribution in [2.75, 3.05) is 36.9 Å². The first kappa shape index (κ1) is 25.3. The highest BCUT2D eigenvalue weighted by atomic mass is 19.4. The van der Waals surface area contributed by atoms with Crippen LogP contribution in [-0.4, -0.2) is 54.2 Å². The molecule has 2 aromatic rings. The van der Waals surface area contributed by atoms with Crippen molar-refractivity contribution in [2.45, 2.75) is 37.9 Å². The van der Waals surface area contributed by atoms with Crippen LogP contribution in [0.2, 0.25) is 0 Å². The molecule has 3 aliphatic heterocycles. The summed E-state index contributed by atoms with van der Waals surface area (Å²) in [5, 5.41) is 15.1. The average Bonchev–Trinajstić information content (AvgIpc) is 3.25. The summed E-state index contributed by atoms with van der Waals surface area (Å²) in [7, 11) is 0. The Balaban J connectivity index is 1.30. The summed E-state index contributed by atoms with van der Waals surface area (Å²) in [6, 6.07) is 8.37. The molecular weight excluding hydrogens is 487 g/mol. The SMILES string of the molecule is O=C(C=C1CCCOc2cc(C(F)(F)F)ccc21)Nc1ccc2c(c1)NC(=O)C(N1CC[C@@H](CO)C1)C2. The van der Waals surface area contributed by atoms with E-state index in [1.165, 1.54) is 12.1 Å². The number of ether oxygens (including phenoxy) is 1. The van der Waals surface area contributed by atoms with Gasteiger partial charge in [-0.25, -0.2) is 0 Å². The third-order valence-electron chi connectivity index (χ3n) is 7.18. The fourth-order valence-corrected chi connectivity index (χ4v) is 5.20. The lowest BCUT2D eigenvalue weighted by molar-refractivity contribution is -0.137. The lowest BCUT2D eigenvalue weighted by Gasteiger charge is -2.31. The van der Waals surface area contributed by atoms with Crippen molar-refractivity contribution in [2.24, 2.45) is 5.92 Å². The fourth-order valence-electron chi connectivity index (χ4n) is 5.20. The molecule has 1 fully saturated rings. The highest BCUT2D eigenvalue weighted by Crippen LogP contribution is 2.38. The summed E-state index contributed by atoms with van der Waals surface area (Å²) in [6.45, 7) is 1.84. The van der Waals surface area contributed by atoms with Gasteiger partial charge < -0.3 is 20.5 Å². The van der Waals surface area contributed by atoms with Crippen molar-refractivity contribution in [3.05, 3.63) is 59.2 Å². The molecule has 2 amide bonds. The molecule has 196 valence electrons. The van der Waals surface area contributed by atoms with E-state index < -0.39 is 17.6 Å². The fraction of sp³-hybridized carbons (Fsp3) is 0.407. The number of benzene rings is 2. The second-order valence-corrected chi connectivity index (χ2v) is 9.73. The minimum atomic E-state index is -4.48. The van der Waals surface area contributed by atoms with Crippen LogP contribution in [0.25, 0.3) is 5.57 Å². The van der Waals surface area contributed by atoms with Gasteiger partial charge in [0.1, 0.15) is 5.75 Å². The van der Waals surface area contributed by atoms with E-state index in [0.29, 0.717) is 48.3 Å². The number of fused-ring (bicyclic) bond motifs is 2. The van der Waals surface area contributed by atoms with Gasteiger partial charge in [-0.15, -0.1) is 0 Å². The highest BCUT2D eigenvalue weighted by molar-refractivity contribution is 6.05. The predicted molar refractivity (Wildman–Crippen MR) is 132 cm³/mol. The molecule has 2 atom stereocenters. The summed E-state index contributed by atoms with van der Waals surface area (Å²) in [5.41, 5.74) is 2.36. The molecule has 3 aliphatic rings. The molecule has 2 aromatic carbocycles. The third-order valence-corrected chi connectivity index (χ3v) is 7.18. The molecule has 0 aromatic heterocycles. The average molecular weight is 516 g/mol. The number of hydrogen-bond donors (Lipinski definition) is 3. The molecule has 0 saturated carbocycles. The predicted octanol–water partition coefficient (Wildman–Crippen LogP) is 4.08. The number of alkyl halides is 3. The Morgan fingerprint density at radius 3 is 2.84 bits per heavy atom. The molecule has 5 rings (SSSR count). The molecule has 0 spiro atoms. The van der Waals surface area contributed by atoms with Crippen LogP contribution < -0.4 is 15.4 Å². The lowest BCUT2D eigenvalue weighted by atomic mass is 9.97. The minimum Gasteiger partial charge on any atom is -0.493 e. The Kier molecular flexibility index (Phi) is 6.96. The van der Waals surface area contributed by atoms with Crippen LogP contribution in [0.1, 0.15) is 36.0 Å². The highest BCUT2D eigenvalue weighted by Gasteiger charge is 2.35. The smallest absolute Gasteiger partial charge is 0.416 e.